The molecule has 2 atom stereocenters. The van der Waals surface area contributed by atoms with Gasteiger partial charge in [-0.25, -0.2) is 0 Å². The zero-order chi connectivity index (χ0) is 13.1. The number of non-ortho nitro benzene ring substituents is 1. The van der Waals surface area contributed by atoms with E-state index in [4.69, 9.17) is 5.73 Å². The molecule has 2 rings (SSSR count). The third-order valence-corrected chi connectivity index (χ3v) is 3.73. The maximum absolute atomic E-state index is 10.8. The van der Waals surface area contributed by atoms with Gasteiger partial charge >= 0.3 is 0 Å². The van der Waals surface area contributed by atoms with Crippen molar-refractivity contribution in [3.05, 3.63) is 33.9 Å². The Labute approximate surface area is 107 Å². The molecular formula is C13H19N3O2. The van der Waals surface area contributed by atoms with E-state index < -0.39 is 0 Å². The van der Waals surface area contributed by atoms with Gasteiger partial charge in [0.2, 0.25) is 0 Å². The van der Waals surface area contributed by atoms with E-state index in [1.165, 1.54) is 12.5 Å². The highest BCUT2D eigenvalue weighted by Gasteiger charge is 2.26. The van der Waals surface area contributed by atoms with Gasteiger partial charge in [-0.3, -0.25) is 10.1 Å². The van der Waals surface area contributed by atoms with Crippen LogP contribution in [0.4, 0.5) is 11.4 Å². The topological polar surface area (TPSA) is 81.2 Å². The Balaban J connectivity index is 2.17. The molecule has 1 aliphatic carbocycles. The minimum atomic E-state index is -0.361. The first-order valence-corrected chi connectivity index (χ1v) is 6.33. The highest BCUT2D eigenvalue weighted by Crippen LogP contribution is 2.30. The van der Waals surface area contributed by atoms with E-state index in [2.05, 4.69) is 5.32 Å². The zero-order valence-electron chi connectivity index (χ0n) is 10.6. The van der Waals surface area contributed by atoms with Crippen molar-refractivity contribution < 1.29 is 4.92 Å². The van der Waals surface area contributed by atoms with Crippen LogP contribution in [0, 0.1) is 23.0 Å². The average Bonchev–Trinajstić information content (AvgIpc) is 2.79. The summed E-state index contributed by atoms with van der Waals surface area (Å²) in [7, 11) is 0. The highest BCUT2D eigenvalue weighted by atomic mass is 16.6. The van der Waals surface area contributed by atoms with Gasteiger partial charge in [-0.15, -0.1) is 0 Å². The number of nitrogens with zero attached hydrogens (tertiary/aromatic N) is 1. The van der Waals surface area contributed by atoms with Crippen LogP contribution in [0.1, 0.15) is 24.8 Å². The van der Waals surface area contributed by atoms with Crippen molar-refractivity contribution in [1.82, 2.24) is 0 Å². The Kier molecular flexibility index (Phi) is 3.81. The molecule has 1 aliphatic rings. The van der Waals surface area contributed by atoms with Gasteiger partial charge in [0, 0.05) is 23.9 Å². The first-order valence-electron chi connectivity index (χ1n) is 6.33. The van der Waals surface area contributed by atoms with Crippen LogP contribution in [0.3, 0.4) is 0 Å². The van der Waals surface area contributed by atoms with E-state index >= 15 is 0 Å². The number of hydrogen-bond donors (Lipinski definition) is 2. The van der Waals surface area contributed by atoms with Gasteiger partial charge in [0.1, 0.15) is 0 Å². The maximum atomic E-state index is 10.8. The van der Waals surface area contributed by atoms with Crippen molar-refractivity contribution in [3.63, 3.8) is 0 Å². The second-order valence-corrected chi connectivity index (χ2v) is 4.93. The number of nitro groups is 1. The molecule has 1 fully saturated rings. The second kappa shape index (κ2) is 5.35. The fourth-order valence-corrected chi connectivity index (χ4v) is 2.59. The Morgan fingerprint density at radius 1 is 1.50 bits per heavy atom. The zero-order valence-corrected chi connectivity index (χ0v) is 10.6. The molecular weight excluding hydrogens is 230 g/mol. The lowest BCUT2D eigenvalue weighted by molar-refractivity contribution is -0.384. The van der Waals surface area contributed by atoms with Crippen molar-refractivity contribution in [3.8, 4) is 0 Å². The summed E-state index contributed by atoms with van der Waals surface area (Å²) in [5, 5.41) is 14.2. The molecule has 18 heavy (non-hydrogen) atoms. The molecule has 2 unspecified atom stereocenters. The molecule has 0 aliphatic heterocycles. The first-order chi connectivity index (χ1) is 8.61. The van der Waals surface area contributed by atoms with Gasteiger partial charge in [-0.2, -0.15) is 0 Å². The standard InChI is InChI=1S/C13H19N3O2/c1-9-5-6-11(16(17)18)7-13(9)15-12-4-2-3-10(12)8-14/h5-7,10,12,15H,2-4,8,14H2,1H3. The van der Waals surface area contributed by atoms with Crippen LogP contribution in [0.2, 0.25) is 0 Å². The molecule has 0 spiro atoms. The Hall–Kier alpha value is -1.62. The summed E-state index contributed by atoms with van der Waals surface area (Å²) in [6.45, 7) is 2.63. The lowest BCUT2D eigenvalue weighted by atomic mass is 10.0. The molecule has 1 saturated carbocycles. The fraction of sp³-hybridized carbons (Fsp3) is 0.538. The quantitative estimate of drug-likeness (QED) is 0.634. The Morgan fingerprint density at radius 2 is 2.28 bits per heavy atom. The van der Waals surface area contributed by atoms with E-state index in [-0.39, 0.29) is 10.6 Å². The predicted molar refractivity (Wildman–Crippen MR) is 71.6 cm³/mol. The minimum absolute atomic E-state index is 0.130. The fourth-order valence-electron chi connectivity index (χ4n) is 2.59. The SMILES string of the molecule is Cc1ccc([N+](=O)[O-])cc1NC1CCCC1CN. The van der Waals surface area contributed by atoms with Crippen LogP contribution >= 0.6 is 0 Å². The number of nitrogens with two attached hydrogens (primary N) is 1. The van der Waals surface area contributed by atoms with Crippen LogP contribution < -0.4 is 11.1 Å². The van der Waals surface area contributed by atoms with Crippen LogP contribution in [0.15, 0.2) is 18.2 Å². The number of nitrogens with one attached hydrogen (secondary N) is 1. The molecule has 5 heteroatoms. The summed E-state index contributed by atoms with van der Waals surface area (Å²) in [6.07, 6.45) is 3.40. The third kappa shape index (κ3) is 2.61. The molecule has 3 N–H and O–H groups in total. The molecule has 0 saturated heterocycles. The van der Waals surface area contributed by atoms with Crippen LogP contribution in [-0.4, -0.2) is 17.5 Å². The van der Waals surface area contributed by atoms with Gasteiger partial charge in [0.15, 0.2) is 0 Å². The smallest absolute Gasteiger partial charge is 0.271 e. The molecule has 0 aromatic heterocycles. The molecule has 1 aromatic carbocycles. The summed E-state index contributed by atoms with van der Waals surface area (Å²) in [4.78, 5) is 10.4. The monoisotopic (exact) mass is 249 g/mol. The lowest BCUT2D eigenvalue weighted by Gasteiger charge is -2.21. The van der Waals surface area contributed by atoms with E-state index in [9.17, 15) is 10.1 Å². The third-order valence-electron chi connectivity index (χ3n) is 3.73. The van der Waals surface area contributed by atoms with Crippen molar-refractivity contribution in [2.45, 2.75) is 32.2 Å². The Morgan fingerprint density at radius 3 is 2.94 bits per heavy atom. The summed E-state index contributed by atoms with van der Waals surface area (Å²) in [5.41, 5.74) is 7.76. The second-order valence-electron chi connectivity index (χ2n) is 4.93. The van der Waals surface area contributed by atoms with Crippen LogP contribution in [0.5, 0.6) is 0 Å². The van der Waals surface area contributed by atoms with E-state index in [0.717, 1.165) is 24.1 Å². The number of aryl methyl sites for hydroxylation is 1. The van der Waals surface area contributed by atoms with Gasteiger partial charge in [-0.1, -0.05) is 12.5 Å². The van der Waals surface area contributed by atoms with E-state index in [0.29, 0.717) is 18.5 Å². The van der Waals surface area contributed by atoms with Crippen LogP contribution in [-0.2, 0) is 0 Å². The molecule has 0 bridgehead atoms. The number of anilines is 1. The van der Waals surface area contributed by atoms with Crippen molar-refractivity contribution >= 4 is 11.4 Å². The summed E-state index contributed by atoms with van der Waals surface area (Å²) >= 11 is 0. The van der Waals surface area contributed by atoms with Crippen molar-refractivity contribution in [1.29, 1.82) is 0 Å². The van der Waals surface area contributed by atoms with Gasteiger partial charge in [-0.05, 0) is 37.8 Å². The summed E-state index contributed by atoms with van der Waals surface area (Å²) < 4.78 is 0. The lowest BCUT2D eigenvalue weighted by Crippen LogP contribution is -2.29. The molecule has 98 valence electrons. The number of nitro benzene ring substituents is 1. The predicted octanol–water partition coefficient (Wildman–Crippen LogP) is 2.44. The van der Waals surface area contributed by atoms with Crippen molar-refractivity contribution in [2.75, 3.05) is 11.9 Å². The molecule has 1 aromatic rings. The maximum Gasteiger partial charge on any atom is 0.271 e. The minimum Gasteiger partial charge on any atom is -0.382 e. The number of rotatable bonds is 4. The van der Waals surface area contributed by atoms with Gasteiger partial charge in [0.25, 0.3) is 5.69 Å². The Bertz CT molecular complexity index is 448. The van der Waals surface area contributed by atoms with Gasteiger partial charge in [0.05, 0.1) is 4.92 Å². The molecule has 5 nitrogen and oxygen atoms in total. The van der Waals surface area contributed by atoms with Crippen LogP contribution in [0.25, 0.3) is 0 Å². The largest absolute Gasteiger partial charge is 0.382 e. The highest BCUT2D eigenvalue weighted by molar-refractivity contribution is 5.57. The summed E-state index contributed by atoms with van der Waals surface area (Å²) in [6, 6.07) is 5.28. The normalized spacial score (nSPS) is 23.0. The number of hydrogen-bond acceptors (Lipinski definition) is 4. The summed E-state index contributed by atoms with van der Waals surface area (Å²) in [5.74, 6) is 0.476. The first kappa shape index (κ1) is 12.8. The molecule has 0 radical (unpaired) electrons. The number of benzene rings is 1. The van der Waals surface area contributed by atoms with Crippen molar-refractivity contribution in [2.24, 2.45) is 11.7 Å². The molecule has 0 amide bonds. The van der Waals surface area contributed by atoms with E-state index in [1.54, 1.807) is 12.1 Å². The van der Waals surface area contributed by atoms with E-state index in [1.807, 2.05) is 6.92 Å². The molecule has 0 heterocycles. The average molecular weight is 249 g/mol. The van der Waals surface area contributed by atoms with Gasteiger partial charge < -0.3 is 11.1 Å².